The molecule has 0 heterocycles. The third-order valence-corrected chi connectivity index (χ3v) is 8.07. The molecule has 3 unspecified atom stereocenters. The fourth-order valence-corrected chi connectivity index (χ4v) is 6.22. The topological polar surface area (TPSA) is 75.3 Å². The molecule has 1 amide bonds. The van der Waals surface area contributed by atoms with Gasteiger partial charge in [0.05, 0.1) is 16.3 Å². The van der Waals surface area contributed by atoms with E-state index in [1.807, 2.05) is 6.07 Å². The van der Waals surface area contributed by atoms with Crippen molar-refractivity contribution < 1.29 is 13.2 Å². The summed E-state index contributed by atoms with van der Waals surface area (Å²) in [5.74, 6) is 1.38. The maximum atomic E-state index is 12.9. The Kier molecular flexibility index (Phi) is 5.15. The van der Waals surface area contributed by atoms with E-state index in [2.05, 4.69) is 10.6 Å². The first-order chi connectivity index (χ1) is 13.4. The first-order valence-electron chi connectivity index (χ1n) is 9.88. The summed E-state index contributed by atoms with van der Waals surface area (Å²) >= 11 is 0. The van der Waals surface area contributed by atoms with Crippen molar-refractivity contribution in [2.75, 3.05) is 11.9 Å². The van der Waals surface area contributed by atoms with Gasteiger partial charge in [-0.05, 0) is 67.9 Å². The highest BCUT2D eigenvalue weighted by molar-refractivity contribution is 7.91. The van der Waals surface area contributed by atoms with E-state index in [1.54, 1.807) is 49.4 Å². The van der Waals surface area contributed by atoms with E-state index >= 15 is 0 Å². The first kappa shape index (κ1) is 19.0. The molecule has 5 nitrogen and oxygen atoms in total. The van der Waals surface area contributed by atoms with Gasteiger partial charge in [0.15, 0.2) is 0 Å². The van der Waals surface area contributed by atoms with Crippen LogP contribution < -0.4 is 10.6 Å². The summed E-state index contributed by atoms with van der Waals surface area (Å²) in [6, 6.07) is 13.8. The summed E-state index contributed by atoms with van der Waals surface area (Å²) in [6.45, 7) is 1.91. The highest BCUT2D eigenvalue weighted by Gasteiger charge is 2.40. The highest BCUT2D eigenvalue weighted by Crippen LogP contribution is 2.44. The molecule has 0 aromatic heterocycles. The second-order valence-corrected chi connectivity index (χ2v) is 9.87. The molecule has 0 saturated heterocycles. The van der Waals surface area contributed by atoms with Gasteiger partial charge in [-0.2, -0.15) is 0 Å². The van der Waals surface area contributed by atoms with Crippen LogP contribution in [-0.2, 0) is 14.6 Å². The van der Waals surface area contributed by atoms with E-state index in [4.69, 9.17) is 0 Å². The van der Waals surface area contributed by atoms with Gasteiger partial charge in [0.2, 0.25) is 15.7 Å². The molecule has 6 heteroatoms. The third kappa shape index (κ3) is 3.65. The number of carbonyl (C=O) groups is 1. The summed E-state index contributed by atoms with van der Waals surface area (Å²) in [5, 5.41) is 6.27. The van der Waals surface area contributed by atoms with Crippen LogP contribution in [-0.4, -0.2) is 26.9 Å². The average molecular weight is 399 g/mol. The summed E-state index contributed by atoms with van der Waals surface area (Å²) in [5.41, 5.74) is 1.29. The Bertz CT molecular complexity index is 973. The molecule has 0 aliphatic heterocycles. The zero-order valence-corrected chi connectivity index (χ0v) is 16.8. The van der Waals surface area contributed by atoms with E-state index in [0.717, 1.165) is 12.3 Å². The van der Waals surface area contributed by atoms with Gasteiger partial charge < -0.3 is 10.6 Å². The Morgan fingerprint density at radius 3 is 2.50 bits per heavy atom. The molecule has 4 rings (SSSR count). The van der Waals surface area contributed by atoms with Crippen molar-refractivity contribution in [3.05, 3.63) is 54.1 Å². The number of sulfone groups is 1. The number of hydrogen-bond acceptors (Lipinski definition) is 4. The van der Waals surface area contributed by atoms with Crippen LogP contribution in [0.15, 0.2) is 58.3 Å². The lowest BCUT2D eigenvalue weighted by Gasteiger charge is -2.23. The van der Waals surface area contributed by atoms with Crippen molar-refractivity contribution in [2.24, 2.45) is 11.8 Å². The van der Waals surface area contributed by atoms with Gasteiger partial charge >= 0.3 is 0 Å². The van der Waals surface area contributed by atoms with E-state index < -0.39 is 9.84 Å². The van der Waals surface area contributed by atoms with Crippen LogP contribution in [0, 0.1) is 18.8 Å². The molecule has 2 fully saturated rings. The number of fused-ring (bicyclic) bond motifs is 2. The van der Waals surface area contributed by atoms with Crippen molar-refractivity contribution in [3.8, 4) is 0 Å². The molecule has 0 spiro atoms. The highest BCUT2D eigenvalue weighted by atomic mass is 32.2. The van der Waals surface area contributed by atoms with Crippen LogP contribution in [0.3, 0.4) is 0 Å². The Morgan fingerprint density at radius 2 is 1.82 bits per heavy atom. The van der Waals surface area contributed by atoms with Crippen LogP contribution in [0.2, 0.25) is 0 Å². The Hall–Kier alpha value is -2.34. The van der Waals surface area contributed by atoms with Crippen LogP contribution in [0.1, 0.15) is 31.2 Å². The third-order valence-electron chi connectivity index (χ3n) is 6.15. The lowest BCUT2D eigenvalue weighted by atomic mass is 9.95. The minimum atomic E-state index is -3.60. The average Bonchev–Trinajstić information content (AvgIpc) is 3.31. The van der Waals surface area contributed by atoms with Crippen LogP contribution in [0.4, 0.5) is 5.69 Å². The molecule has 2 aromatic carbocycles. The zero-order valence-electron chi connectivity index (χ0n) is 16.0. The second kappa shape index (κ2) is 7.59. The number of anilines is 1. The number of amides is 1. The predicted molar refractivity (Wildman–Crippen MR) is 109 cm³/mol. The number of hydrogen-bond donors (Lipinski definition) is 2. The molecule has 2 aliphatic carbocycles. The molecule has 28 heavy (non-hydrogen) atoms. The fourth-order valence-electron chi connectivity index (χ4n) is 4.68. The molecular formula is C22H26N2O3S. The Balaban J connectivity index is 1.44. The lowest BCUT2D eigenvalue weighted by Crippen LogP contribution is -2.41. The SMILES string of the molecule is Cc1c(NCC(=O)NC2CC3CCC2C3)cccc1S(=O)(=O)c1ccccc1. The van der Waals surface area contributed by atoms with Crippen LogP contribution >= 0.6 is 0 Å². The Morgan fingerprint density at radius 1 is 1.04 bits per heavy atom. The number of rotatable bonds is 6. The molecule has 3 atom stereocenters. The van der Waals surface area contributed by atoms with Gasteiger partial charge in [0.25, 0.3) is 0 Å². The van der Waals surface area contributed by atoms with Gasteiger partial charge in [-0.25, -0.2) is 8.42 Å². The lowest BCUT2D eigenvalue weighted by molar-refractivity contribution is -0.120. The normalized spacial score (nSPS) is 23.5. The van der Waals surface area contributed by atoms with E-state index in [0.29, 0.717) is 23.2 Å². The van der Waals surface area contributed by atoms with E-state index in [1.165, 1.54) is 19.3 Å². The smallest absolute Gasteiger partial charge is 0.239 e. The quantitative estimate of drug-likeness (QED) is 0.780. The molecule has 0 radical (unpaired) electrons. The van der Waals surface area contributed by atoms with Gasteiger partial charge in [0, 0.05) is 11.7 Å². The minimum Gasteiger partial charge on any atom is -0.376 e. The van der Waals surface area contributed by atoms with Crippen molar-refractivity contribution in [1.29, 1.82) is 0 Å². The van der Waals surface area contributed by atoms with Crippen molar-refractivity contribution in [2.45, 2.75) is 48.4 Å². The second-order valence-electron chi connectivity index (χ2n) is 7.95. The van der Waals surface area contributed by atoms with Gasteiger partial charge in [-0.1, -0.05) is 30.7 Å². The van der Waals surface area contributed by atoms with Crippen molar-refractivity contribution >= 4 is 21.4 Å². The Labute approximate surface area is 166 Å². The number of benzene rings is 2. The molecule has 2 N–H and O–H groups in total. The molecular weight excluding hydrogens is 372 g/mol. The molecule has 2 aromatic rings. The minimum absolute atomic E-state index is 0.0340. The molecule has 2 saturated carbocycles. The predicted octanol–water partition coefficient (Wildman–Crippen LogP) is 3.54. The maximum Gasteiger partial charge on any atom is 0.239 e. The van der Waals surface area contributed by atoms with E-state index in [9.17, 15) is 13.2 Å². The van der Waals surface area contributed by atoms with Gasteiger partial charge in [-0.3, -0.25) is 4.79 Å². The number of nitrogens with one attached hydrogen (secondary N) is 2. The summed E-state index contributed by atoms with van der Waals surface area (Å²) in [4.78, 5) is 12.9. The first-order valence-corrected chi connectivity index (χ1v) is 11.4. The molecule has 2 bridgehead atoms. The zero-order chi connectivity index (χ0) is 19.7. The fraction of sp³-hybridized carbons (Fsp3) is 0.409. The molecule has 148 valence electrons. The van der Waals surface area contributed by atoms with Crippen LogP contribution in [0.25, 0.3) is 0 Å². The summed E-state index contributed by atoms with van der Waals surface area (Å²) in [7, 11) is -3.60. The maximum absolute atomic E-state index is 12.9. The summed E-state index contributed by atoms with van der Waals surface area (Å²) < 4.78 is 25.9. The largest absolute Gasteiger partial charge is 0.376 e. The van der Waals surface area contributed by atoms with E-state index in [-0.39, 0.29) is 22.2 Å². The summed E-state index contributed by atoms with van der Waals surface area (Å²) in [6.07, 6.45) is 4.87. The van der Waals surface area contributed by atoms with Crippen molar-refractivity contribution in [3.63, 3.8) is 0 Å². The standard InChI is InChI=1S/C22H26N2O3S/c1-15-19(23-14-22(25)24-20-13-16-10-11-17(20)12-16)8-5-9-21(15)28(26,27)18-6-3-2-4-7-18/h2-9,16-17,20,23H,10-14H2,1H3,(H,24,25). The molecule has 2 aliphatic rings. The van der Waals surface area contributed by atoms with Crippen LogP contribution in [0.5, 0.6) is 0 Å². The van der Waals surface area contributed by atoms with Gasteiger partial charge in [0.1, 0.15) is 0 Å². The van der Waals surface area contributed by atoms with Crippen molar-refractivity contribution in [1.82, 2.24) is 5.32 Å². The van der Waals surface area contributed by atoms with Gasteiger partial charge in [-0.15, -0.1) is 0 Å². The monoisotopic (exact) mass is 398 g/mol. The number of carbonyl (C=O) groups excluding carboxylic acids is 1.